The van der Waals surface area contributed by atoms with Crippen LogP contribution in [0.4, 0.5) is 30.9 Å². The van der Waals surface area contributed by atoms with Crippen molar-refractivity contribution in [2.75, 3.05) is 12.4 Å². The summed E-state index contributed by atoms with van der Waals surface area (Å²) in [6, 6.07) is 4.11. The minimum Gasteiger partial charge on any atom is -0.377 e. The molecule has 0 saturated carbocycles. The SMILES string of the molecule is COCc1nc2nc(C)cc(Nc3ccc(S(F)(F)(F)(F)F)cc3)n2n1. The minimum atomic E-state index is -9.69. The highest BCUT2D eigenvalue weighted by Gasteiger charge is 2.65. The average molecular weight is 395 g/mol. The molecule has 6 nitrogen and oxygen atoms in total. The van der Waals surface area contributed by atoms with E-state index in [2.05, 4.69) is 20.4 Å². The lowest BCUT2D eigenvalue weighted by Gasteiger charge is -2.40. The Morgan fingerprint density at radius 1 is 1.08 bits per heavy atom. The third-order valence-electron chi connectivity index (χ3n) is 3.33. The van der Waals surface area contributed by atoms with E-state index in [0.29, 0.717) is 29.5 Å². The third-order valence-corrected chi connectivity index (χ3v) is 4.49. The summed E-state index contributed by atoms with van der Waals surface area (Å²) in [5.41, 5.74) is 0.756. The van der Waals surface area contributed by atoms with Gasteiger partial charge in [0.1, 0.15) is 17.3 Å². The molecule has 0 radical (unpaired) electrons. The van der Waals surface area contributed by atoms with E-state index in [-0.39, 0.29) is 18.1 Å². The fraction of sp³-hybridized carbons (Fsp3) is 0.214. The number of halogens is 5. The molecule has 0 unspecified atom stereocenters. The fourth-order valence-electron chi connectivity index (χ4n) is 2.25. The predicted octanol–water partition coefficient (Wildman–Crippen LogP) is 4.98. The van der Waals surface area contributed by atoms with Gasteiger partial charge in [-0.05, 0) is 31.2 Å². The van der Waals surface area contributed by atoms with Gasteiger partial charge in [0, 0.05) is 24.6 Å². The minimum absolute atomic E-state index is 0.153. The van der Waals surface area contributed by atoms with Crippen LogP contribution in [0.5, 0.6) is 0 Å². The number of anilines is 2. The van der Waals surface area contributed by atoms with Gasteiger partial charge in [0.25, 0.3) is 5.78 Å². The number of nitrogens with one attached hydrogen (secondary N) is 1. The molecule has 142 valence electrons. The quantitative estimate of drug-likeness (QED) is 0.618. The lowest BCUT2D eigenvalue weighted by Crippen LogP contribution is -2.06. The molecule has 0 aliphatic rings. The Labute approximate surface area is 144 Å². The fourth-order valence-corrected chi connectivity index (χ4v) is 2.90. The van der Waals surface area contributed by atoms with Gasteiger partial charge in [0.15, 0.2) is 5.82 Å². The molecule has 2 aromatic heterocycles. The van der Waals surface area contributed by atoms with Crippen LogP contribution in [-0.4, -0.2) is 26.7 Å². The molecular weight excluding hydrogens is 381 g/mol. The van der Waals surface area contributed by atoms with Gasteiger partial charge in [0.05, 0.1) is 0 Å². The number of aromatic nitrogens is 4. The van der Waals surface area contributed by atoms with Crippen LogP contribution in [0.15, 0.2) is 35.2 Å². The lowest BCUT2D eigenvalue weighted by molar-refractivity contribution is 0.178. The van der Waals surface area contributed by atoms with Crippen molar-refractivity contribution in [3.8, 4) is 0 Å². The number of aryl methyl sites for hydroxylation is 1. The Hall–Kier alpha value is -2.47. The van der Waals surface area contributed by atoms with Gasteiger partial charge in [-0.25, -0.2) is 4.98 Å². The van der Waals surface area contributed by atoms with Crippen LogP contribution in [0.25, 0.3) is 5.78 Å². The average Bonchev–Trinajstić information content (AvgIpc) is 2.88. The summed E-state index contributed by atoms with van der Waals surface area (Å²) in [5, 5.41) is 7.01. The standard InChI is InChI=1S/C14H14F5N5OS/c1-9-7-13(24-14(20-9)22-12(23-24)8-25-2)21-10-3-5-11(6-4-10)26(15,16,17,18)19/h3-7,21H,8H2,1-2H3. The van der Waals surface area contributed by atoms with E-state index >= 15 is 0 Å². The second kappa shape index (κ2) is 5.27. The number of hydrogen-bond acceptors (Lipinski definition) is 5. The molecule has 0 aliphatic carbocycles. The van der Waals surface area contributed by atoms with Crippen LogP contribution in [0.3, 0.4) is 0 Å². The summed E-state index contributed by atoms with van der Waals surface area (Å²) in [6.45, 7) is 1.85. The number of benzene rings is 1. The molecule has 0 aliphatic heterocycles. The van der Waals surface area contributed by atoms with Crippen LogP contribution in [0.2, 0.25) is 0 Å². The van der Waals surface area contributed by atoms with Crippen molar-refractivity contribution in [1.29, 1.82) is 0 Å². The Morgan fingerprint density at radius 3 is 2.31 bits per heavy atom. The number of fused-ring (bicyclic) bond motifs is 1. The zero-order valence-corrected chi connectivity index (χ0v) is 14.4. The van der Waals surface area contributed by atoms with E-state index in [0.717, 1.165) is 12.1 Å². The molecule has 2 heterocycles. The molecule has 1 aromatic carbocycles. The normalized spacial score (nSPS) is 14.9. The van der Waals surface area contributed by atoms with Crippen molar-refractivity contribution < 1.29 is 24.2 Å². The number of rotatable bonds is 5. The van der Waals surface area contributed by atoms with Gasteiger partial charge in [-0.3, -0.25) is 0 Å². The number of hydrogen-bond donors (Lipinski definition) is 1. The van der Waals surface area contributed by atoms with Gasteiger partial charge in [-0.2, -0.15) is 9.50 Å². The first-order valence-corrected chi connectivity index (χ1v) is 9.14. The number of ether oxygens (including phenoxy) is 1. The largest absolute Gasteiger partial charge is 0.377 e. The van der Waals surface area contributed by atoms with Crippen molar-refractivity contribution >= 4 is 27.5 Å². The van der Waals surface area contributed by atoms with Gasteiger partial charge >= 0.3 is 10.2 Å². The van der Waals surface area contributed by atoms with Crippen LogP contribution in [-0.2, 0) is 11.3 Å². The van der Waals surface area contributed by atoms with E-state index in [1.54, 1.807) is 13.0 Å². The van der Waals surface area contributed by atoms with Crippen LogP contribution in [0.1, 0.15) is 11.5 Å². The Morgan fingerprint density at radius 2 is 1.73 bits per heavy atom. The topological polar surface area (TPSA) is 64.3 Å². The van der Waals surface area contributed by atoms with E-state index in [1.165, 1.54) is 11.6 Å². The summed E-state index contributed by atoms with van der Waals surface area (Å²) >= 11 is 0. The Balaban J connectivity index is 1.96. The first kappa shape index (κ1) is 18.3. The molecule has 0 saturated heterocycles. The van der Waals surface area contributed by atoms with Crippen molar-refractivity contribution in [3.05, 3.63) is 41.9 Å². The zero-order valence-electron chi connectivity index (χ0n) is 13.6. The highest BCUT2D eigenvalue weighted by molar-refractivity contribution is 8.45. The molecule has 3 rings (SSSR count). The Kier molecular flexibility index (Phi) is 3.71. The predicted molar refractivity (Wildman–Crippen MR) is 87.4 cm³/mol. The monoisotopic (exact) mass is 395 g/mol. The highest BCUT2D eigenvalue weighted by Crippen LogP contribution is 3.02. The molecule has 1 N–H and O–H groups in total. The molecular formula is C14H14F5N5OS. The van der Waals surface area contributed by atoms with Gasteiger partial charge in [-0.15, -0.1) is 5.10 Å². The molecule has 12 heteroatoms. The molecule has 0 bridgehead atoms. The summed E-state index contributed by atoms with van der Waals surface area (Å²) in [7, 11) is -8.22. The molecule has 0 atom stereocenters. The first-order valence-electron chi connectivity index (χ1n) is 7.19. The summed E-state index contributed by atoms with van der Waals surface area (Å²) in [6.07, 6.45) is 0. The zero-order chi connectivity index (χ0) is 19.2. The van der Waals surface area contributed by atoms with Gasteiger partial charge < -0.3 is 10.1 Å². The van der Waals surface area contributed by atoms with Gasteiger partial charge in [0.2, 0.25) is 0 Å². The Bertz CT molecular complexity index is 972. The molecule has 26 heavy (non-hydrogen) atoms. The summed E-state index contributed by atoms with van der Waals surface area (Å²) < 4.78 is 70.2. The van der Waals surface area contributed by atoms with Crippen LogP contribution < -0.4 is 5.32 Å². The van der Waals surface area contributed by atoms with Crippen molar-refractivity contribution in [3.63, 3.8) is 0 Å². The van der Waals surface area contributed by atoms with Crippen LogP contribution in [0, 0.1) is 6.92 Å². The summed E-state index contributed by atoms with van der Waals surface area (Å²) in [5.74, 6) is 0.996. The van der Waals surface area contributed by atoms with E-state index in [9.17, 15) is 19.4 Å². The number of nitrogens with zero attached hydrogens (tertiary/aromatic N) is 4. The maximum Gasteiger partial charge on any atom is 0.310 e. The highest BCUT2D eigenvalue weighted by atomic mass is 32.5. The van der Waals surface area contributed by atoms with E-state index < -0.39 is 15.1 Å². The number of methoxy groups -OCH3 is 1. The van der Waals surface area contributed by atoms with Gasteiger partial charge in [-0.1, -0.05) is 19.4 Å². The van der Waals surface area contributed by atoms with Crippen molar-refractivity contribution in [2.24, 2.45) is 0 Å². The smallest absolute Gasteiger partial charge is 0.310 e. The van der Waals surface area contributed by atoms with Crippen LogP contribution >= 0.6 is 10.2 Å². The summed E-state index contributed by atoms with van der Waals surface area (Å²) in [4.78, 5) is 6.41. The van der Waals surface area contributed by atoms with Crippen molar-refractivity contribution in [1.82, 2.24) is 19.6 Å². The van der Waals surface area contributed by atoms with E-state index in [4.69, 9.17) is 4.74 Å². The maximum absolute atomic E-state index is 12.8. The molecule has 0 spiro atoms. The van der Waals surface area contributed by atoms with E-state index in [1.807, 2.05) is 0 Å². The second-order valence-electron chi connectivity index (χ2n) is 5.57. The third kappa shape index (κ3) is 3.85. The molecule has 0 amide bonds. The first-order chi connectivity index (χ1) is 11.9. The second-order valence-corrected chi connectivity index (χ2v) is 7.98. The van der Waals surface area contributed by atoms with Crippen molar-refractivity contribution in [2.45, 2.75) is 18.4 Å². The lowest BCUT2D eigenvalue weighted by atomic mass is 10.3. The molecule has 3 aromatic rings. The molecule has 0 fully saturated rings. The maximum atomic E-state index is 12.8.